The third kappa shape index (κ3) is 1.95. The fraction of sp³-hybridized carbons (Fsp3) is 0.333. The van der Waals surface area contributed by atoms with Gasteiger partial charge in [0.2, 0.25) is 0 Å². The Morgan fingerprint density at radius 1 is 1.73 bits per heavy atom. The van der Waals surface area contributed by atoms with Crippen LogP contribution in [0.1, 0.15) is 0 Å². The van der Waals surface area contributed by atoms with Crippen molar-refractivity contribution in [1.82, 2.24) is 0 Å². The molecule has 0 unspecified atom stereocenters. The number of epoxide rings is 1. The van der Waals surface area contributed by atoms with E-state index < -0.39 is 0 Å². The van der Waals surface area contributed by atoms with E-state index in [0.29, 0.717) is 12.7 Å². The van der Waals surface area contributed by atoms with E-state index in [0.717, 1.165) is 12.4 Å². The van der Waals surface area contributed by atoms with Crippen molar-refractivity contribution >= 4 is 0 Å². The first kappa shape index (κ1) is 6.68. The zero-order valence-corrected chi connectivity index (χ0v) is 6.12. The van der Waals surface area contributed by atoms with Gasteiger partial charge in [0, 0.05) is 0 Å². The molecule has 11 heavy (non-hydrogen) atoms. The molecule has 0 amide bonds. The average Bonchev–Trinajstić information content (AvgIpc) is 2.86. The lowest BCUT2D eigenvalue weighted by Gasteiger charge is -2.01. The van der Waals surface area contributed by atoms with Crippen LogP contribution in [-0.2, 0) is 4.74 Å². The molecule has 1 aliphatic rings. The van der Waals surface area contributed by atoms with Gasteiger partial charge >= 0.3 is 0 Å². The quantitative estimate of drug-likeness (QED) is 0.603. The second-order valence-electron chi connectivity index (χ2n) is 2.51. The topological polar surface area (TPSA) is 21.8 Å². The predicted molar refractivity (Wildman–Crippen MR) is 40.5 cm³/mol. The minimum atomic E-state index is 0.329. The summed E-state index contributed by atoms with van der Waals surface area (Å²) in [7, 11) is 0. The first-order chi connectivity index (χ1) is 5.45. The fourth-order valence-corrected chi connectivity index (χ4v) is 0.820. The Hall–Kier alpha value is -1.02. The molecule has 1 aliphatic heterocycles. The molecule has 1 fully saturated rings. The minimum absolute atomic E-state index is 0.329. The van der Waals surface area contributed by atoms with E-state index in [4.69, 9.17) is 9.47 Å². The van der Waals surface area contributed by atoms with Crippen LogP contribution >= 0.6 is 0 Å². The lowest BCUT2D eigenvalue weighted by Crippen LogP contribution is -2.03. The van der Waals surface area contributed by atoms with Crippen molar-refractivity contribution in [3.05, 3.63) is 30.3 Å². The maximum absolute atomic E-state index is 5.37. The van der Waals surface area contributed by atoms with E-state index in [1.165, 1.54) is 0 Å². The molecular formula is C9H9O2. The Morgan fingerprint density at radius 3 is 3.27 bits per heavy atom. The highest BCUT2D eigenvalue weighted by Crippen LogP contribution is 2.13. The zero-order chi connectivity index (χ0) is 7.52. The van der Waals surface area contributed by atoms with Crippen LogP contribution < -0.4 is 4.74 Å². The molecule has 0 spiro atoms. The van der Waals surface area contributed by atoms with Crippen LogP contribution in [-0.4, -0.2) is 19.3 Å². The summed E-state index contributed by atoms with van der Waals surface area (Å²) in [4.78, 5) is 0. The molecule has 0 saturated carbocycles. The van der Waals surface area contributed by atoms with E-state index in [-0.39, 0.29) is 0 Å². The molecular weight excluding hydrogens is 140 g/mol. The molecule has 1 radical (unpaired) electrons. The van der Waals surface area contributed by atoms with Crippen LogP contribution in [0, 0.1) is 6.07 Å². The molecule has 0 aromatic heterocycles. The first-order valence-corrected chi connectivity index (χ1v) is 3.66. The molecule has 1 atom stereocenters. The van der Waals surface area contributed by atoms with Crippen LogP contribution in [0.4, 0.5) is 0 Å². The Balaban J connectivity index is 1.85. The van der Waals surface area contributed by atoms with Gasteiger partial charge in [-0.3, -0.25) is 0 Å². The van der Waals surface area contributed by atoms with Crippen molar-refractivity contribution in [2.24, 2.45) is 0 Å². The second-order valence-corrected chi connectivity index (χ2v) is 2.51. The van der Waals surface area contributed by atoms with Gasteiger partial charge in [0.25, 0.3) is 0 Å². The average molecular weight is 149 g/mol. The van der Waals surface area contributed by atoms with Gasteiger partial charge in [-0.2, -0.15) is 0 Å². The Kier molecular flexibility index (Phi) is 1.78. The third-order valence-corrected chi connectivity index (χ3v) is 1.52. The van der Waals surface area contributed by atoms with E-state index in [9.17, 15) is 0 Å². The third-order valence-electron chi connectivity index (χ3n) is 1.52. The first-order valence-electron chi connectivity index (χ1n) is 3.66. The lowest BCUT2D eigenvalue weighted by molar-refractivity contribution is 0.263. The Morgan fingerprint density at radius 2 is 2.64 bits per heavy atom. The molecule has 1 aromatic carbocycles. The SMILES string of the molecule is [c]1cccc(OC[C@@H]2CO2)c1. The van der Waals surface area contributed by atoms with Crippen molar-refractivity contribution in [3.63, 3.8) is 0 Å². The van der Waals surface area contributed by atoms with Gasteiger partial charge in [0.05, 0.1) is 6.61 Å². The Bertz CT molecular complexity index is 216. The van der Waals surface area contributed by atoms with Gasteiger partial charge in [0.15, 0.2) is 0 Å². The van der Waals surface area contributed by atoms with Crippen LogP contribution in [0.3, 0.4) is 0 Å². The van der Waals surface area contributed by atoms with Gasteiger partial charge in [-0.05, 0) is 18.2 Å². The number of hydrogen-bond acceptors (Lipinski definition) is 2. The molecule has 1 aromatic rings. The van der Waals surface area contributed by atoms with E-state index in [2.05, 4.69) is 6.07 Å². The summed E-state index contributed by atoms with van der Waals surface area (Å²) >= 11 is 0. The summed E-state index contributed by atoms with van der Waals surface area (Å²) in [6.45, 7) is 1.51. The van der Waals surface area contributed by atoms with E-state index in [1.807, 2.05) is 24.3 Å². The lowest BCUT2D eigenvalue weighted by atomic mass is 10.3. The highest BCUT2D eigenvalue weighted by atomic mass is 16.6. The summed E-state index contributed by atoms with van der Waals surface area (Å²) in [5.74, 6) is 0.864. The van der Waals surface area contributed by atoms with Crippen molar-refractivity contribution in [1.29, 1.82) is 0 Å². The molecule has 2 nitrogen and oxygen atoms in total. The molecule has 0 aliphatic carbocycles. The molecule has 57 valence electrons. The van der Waals surface area contributed by atoms with E-state index >= 15 is 0 Å². The molecule has 0 N–H and O–H groups in total. The standard InChI is InChI=1S/C9H9O2/c1-2-4-8(5-3-1)10-6-9-7-11-9/h1-2,4-5,9H,6-7H2/t9-/m1/s1. The summed E-state index contributed by atoms with van der Waals surface area (Å²) in [5.41, 5.74) is 0. The predicted octanol–water partition coefficient (Wildman–Crippen LogP) is 1.26. The van der Waals surface area contributed by atoms with Crippen molar-refractivity contribution < 1.29 is 9.47 Å². The smallest absolute Gasteiger partial charge is 0.120 e. The molecule has 0 bridgehead atoms. The molecule has 2 rings (SSSR count). The second kappa shape index (κ2) is 2.93. The van der Waals surface area contributed by atoms with Crippen LogP contribution in [0.25, 0.3) is 0 Å². The van der Waals surface area contributed by atoms with Crippen LogP contribution in [0.5, 0.6) is 5.75 Å². The molecule has 1 heterocycles. The van der Waals surface area contributed by atoms with Crippen molar-refractivity contribution in [2.45, 2.75) is 6.10 Å². The maximum Gasteiger partial charge on any atom is 0.120 e. The van der Waals surface area contributed by atoms with Crippen LogP contribution in [0.15, 0.2) is 24.3 Å². The summed E-state index contributed by atoms with van der Waals surface area (Å²) in [5, 5.41) is 0. The zero-order valence-electron chi connectivity index (χ0n) is 6.12. The van der Waals surface area contributed by atoms with Gasteiger partial charge < -0.3 is 9.47 Å². The van der Waals surface area contributed by atoms with Gasteiger partial charge in [0.1, 0.15) is 18.5 Å². The largest absolute Gasteiger partial charge is 0.491 e. The van der Waals surface area contributed by atoms with Crippen LogP contribution in [0.2, 0.25) is 0 Å². The number of benzene rings is 1. The fourth-order valence-electron chi connectivity index (χ4n) is 0.820. The highest BCUT2D eigenvalue weighted by Gasteiger charge is 2.22. The normalized spacial score (nSPS) is 21.3. The number of ether oxygens (including phenoxy) is 2. The van der Waals surface area contributed by atoms with Crippen molar-refractivity contribution in [2.75, 3.05) is 13.2 Å². The summed E-state index contributed by atoms with van der Waals surface area (Å²) in [6.07, 6.45) is 0.329. The molecule has 2 heteroatoms. The van der Waals surface area contributed by atoms with Gasteiger partial charge in [-0.25, -0.2) is 0 Å². The minimum Gasteiger partial charge on any atom is -0.491 e. The van der Waals surface area contributed by atoms with Crippen molar-refractivity contribution in [3.8, 4) is 5.75 Å². The molecule has 1 saturated heterocycles. The summed E-state index contributed by atoms with van der Waals surface area (Å²) < 4.78 is 10.4. The Labute approximate surface area is 65.7 Å². The van der Waals surface area contributed by atoms with Gasteiger partial charge in [-0.15, -0.1) is 0 Å². The number of rotatable bonds is 3. The van der Waals surface area contributed by atoms with E-state index in [1.54, 1.807) is 0 Å². The maximum atomic E-state index is 5.37. The summed E-state index contributed by atoms with van der Waals surface area (Å²) in [6, 6.07) is 10.4. The highest BCUT2D eigenvalue weighted by molar-refractivity contribution is 5.20. The number of hydrogen-bond donors (Lipinski definition) is 0. The van der Waals surface area contributed by atoms with Gasteiger partial charge in [-0.1, -0.05) is 12.1 Å². The monoisotopic (exact) mass is 149 g/mol.